The summed E-state index contributed by atoms with van der Waals surface area (Å²) in [5.74, 6) is 1.07. The minimum atomic E-state index is -0.447. The number of rotatable bonds is 10. The van der Waals surface area contributed by atoms with Gasteiger partial charge in [0.05, 0.1) is 7.11 Å². The molecule has 1 aromatic carbocycles. The van der Waals surface area contributed by atoms with Gasteiger partial charge in [0.1, 0.15) is 0 Å². The summed E-state index contributed by atoms with van der Waals surface area (Å²) < 4.78 is 19.1. The Morgan fingerprint density at radius 3 is 2.59 bits per heavy atom. The number of hydrogen-bond acceptors (Lipinski definition) is 9. The van der Waals surface area contributed by atoms with Crippen LogP contribution in [0.1, 0.15) is 39.0 Å². The number of aromatic nitrogens is 3. The fourth-order valence-electron chi connectivity index (χ4n) is 4.39. The number of benzene rings is 1. The second-order valence-corrected chi connectivity index (χ2v) is 8.23. The molecule has 1 aromatic heterocycles. The second kappa shape index (κ2) is 10.7. The highest BCUT2D eigenvalue weighted by molar-refractivity contribution is 5.57. The first-order valence-electron chi connectivity index (χ1n) is 11.5. The van der Waals surface area contributed by atoms with Gasteiger partial charge in [-0.2, -0.15) is 15.0 Å². The van der Waals surface area contributed by atoms with Crippen molar-refractivity contribution in [3.63, 3.8) is 0 Å². The number of ether oxygens (including phenoxy) is 1. The Hall–Kier alpha value is -2.72. The van der Waals surface area contributed by atoms with Gasteiger partial charge in [0.2, 0.25) is 17.8 Å². The number of halogens is 1. The fourth-order valence-corrected chi connectivity index (χ4v) is 4.39. The molecule has 3 heterocycles. The Balaban J connectivity index is 1.46. The molecular weight excluding hydrogens is 411 g/mol. The zero-order valence-electron chi connectivity index (χ0n) is 18.9. The van der Waals surface area contributed by atoms with Crippen molar-refractivity contribution in [2.45, 2.75) is 45.1 Å². The van der Waals surface area contributed by atoms with E-state index in [9.17, 15) is 4.39 Å². The molecule has 0 bridgehead atoms. The average Bonchev–Trinajstić information content (AvgIpc) is 3.45. The summed E-state index contributed by atoms with van der Waals surface area (Å²) >= 11 is 0. The van der Waals surface area contributed by atoms with E-state index in [1.54, 1.807) is 12.1 Å². The van der Waals surface area contributed by atoms with Crippen LogP contribution < -0.4 is 20.8 Å². The normalized spacial score (nSPS) is 19.3. The zero-order chi connectivity index (χ0) is 22.3. The molecule has 2 fully saturated rings. The fraction of sp³-hybridized carbons (Fsp3) is 0.591. The molecule has 2 saturated heterocycles. The summed E-state index contributed by atoms with van der Waals surface area (Å²) in [7, 11) is 1.44. The SMILES string of the molecule is CCN1CCCC1CCNc1nc(Nc2ccc(OC)c(F)c2)nc(NN2CCCC2)n1. The summed E-state index contributed by atoms with van der Waals surface area (Å²) in [5.41, 5.74) is 3.81. The molecule has 4 rings (SSSR count). The first kappa shape index (κ1) is 22.5. The van der Waals surface area contributed by atoms with Gasteiger partial charge >= 0.3 is 0 Å². The van der Waals surface area contributed by atoms with Gasteiger partial charge in [0.25, 0.3) is 0 Å². The molecule has 0 amide bonds. The monoisotopic (exact) mass is 444 g/mol. The van der Waals surface area contributed by atoms with Crippen molar-refractivity contribution >= 4 is 23.5 Å². The third-order valence-electron chi connectivity index (χ3n) is 6.07. The topological polar surface area (TPSA) is 90.5 Å². The van der Waals surface area contributed by atoms with Crippen molar-refractivity contribution in [3.05, 3.63) is 24.0 Å². The van der Waals surface area contributed by atoms with Crippen LogP contribution in [0.2, 0.25) is 0 Å². The second-order valence-electron chi connectivity index (χ2n) is 8.23. The van der Waals surface area contributed by atoms with Crippen LogP contribution >= 0.6 is 0 Å². The molecule has 174 valence electrons. The first-order chi connectivity index (χ1) is 15.6. The summed E-state index contributed by atoms with van der Waals surface area (Å²) in [6.45, 7) is 7.18. The summed E-state index contributed by atoms with van der Waals surface area (Å²) in [5, 5.41) is 8.55. The maximum atomic E-state index is 14.1. The van der Waals surface area contributed by atoms with Gasteiger partial charge < -0.3 is 20.3 Å². The standard InChI is InChI=1S/C22H33FN8O/c1-3-30-12-6-7-17(30)10-11-24-20-26-21(25-16-8-9-19(32-2)18(23)15-16)28-22(27-20)29-31-13-4-5-14-31/h8-9,15,17H,3-7,10-14H2,1-2H3,(H3,24,25,26,27,28,29). The van der Waals surface area contributed by atoms with Crippen molar-refractivity contribution in [3.8, 4) is 5.75 Å². The first-order valence-corrected chi connectivity index (χ1v) is 11.5. The molecule has 2 aliphatic heterocycles. The van der Waals surface area contributed by atoms with E-state index in [0.29, 0.717) is 29.6 Å². The number of likely N-dealkylation sites (tertiary alicyclic amines) is 1. The zero-order valence-corrected chi connectivity index (χ0v) is 18.9. The van der Waals surface area contributed by atoms with Crippen LogP contribution in [0.15, 0.2) is 18.2 Å². The van der Waals surface area contributed by atoms with Gasteiger partial charge in [-0.15, -0.1) is 0 Å². The highest BCUT2D eigenvalue weighted by Crippen LogP contribution is 2.24. The van der Waals surface area contributed by atoms with E-state index < -0.39 is 5.82 Å². The highest BCUT2D eigenvalue weighted by Gasteiger charge is 2.22. The van der Waals surface area contributed by atoms with E-state index in [4.69, 9.17) is 4.74 Å². The Labute approximate surface area is 188 Å². The predicted octanol–water partition coefficient (Wildman–Crippen LogP) is 3.47. The molecule has 0 aliphatic carbocycles. The summed E-state index contributed by atoms with van der Waals surface area (Å²) in [6.07, 6.45) is 5.84. The predicted molar refractivity (Wildman–Crippen MR) is 124 cm³/mol. The lowest BCUT2D eigenvalue weighted by atomic mass is 10.1. The molecule has 1 atom stereocenters. The average molecular weight is 445 g/mol. The third-order valence-corrected chi connectivity index (χ3v) is 6.07. The maximum absolute atomic E-state index is 14.1. The van der Waals surface area contributed by atoms with Crippen LogP contribution in [0, 0.1) is 5.82 Å². The molecule has 1 unspecified atom stereocenters. The van der Waals surface area contributed by atoms with Crippen molar-refractivity contribution in [1.29, 1.82) is 0 Å². The largest absolute Gasteiger partial charge is 0.494 e. The molecule has 2 aromatic rings. The van der Waals surface area contributed by atoms with E-state index in [2.05, 4.69) is 47.8 Å². The van der Waals surface area contributed by atoms with E-state index in [1.807, 2.05) is 0 Å². The van der Waals surface area contributed by atoms with Crippen molar-refractivity contribution in [2.24, 2.45) is 0 Å². The van der Waals surface area contributed by atoms with Gasteiger partial charge in [-0.1, -0.05) is 6.92 Å². The Morgan fingerprint density at radius 2 is 1.84 bits per heavy atom. The lowest BCUT2D eigenvalue weighted by molar-refractivity contribution is 0.259. The minimum absolute atomic E-state index is 0.193. The van der Waals surface area contributed by atoms with Crippen molar-refractivity contribution in [2.75, 3.05) is 55.9 Å². The number of hydrogen-bond donors (Lipinski definition) is 3. The van der Waals surface area contributed by atoms with Gasteiger partial charge in [0, 0.05) is 37.4 Å². The van der Waals surface area contributed by atoms with E-state index in [-0.39, 0.29) is 5.75 Å². The quantitative estimate of drug-likeness (QED) is 0.509. The number of nitrogens with one attached hydrogen (secondary N) is 3. The van der Waals surface area contributed by atoms with Crippen LogP contribution in [0.3, 0.4) is 0 Å². The maximum Gasteiger partial charge on any atom is 0.244 e. The third kappa shape index (κ3) is 5.74. The summed E-state index contributed by atoms with van der Waals surface area (Å²) in [4.78, 5) is 16.1. The van der Waals surface area contributed by atoms with Gasteiger partial charge in [-0.05, 0) is 57.3 Å². The van der Waals surface area contributed by atoms with Crippen LogP contribution in [0.25, 0.3) is 0 Å². The minimum Gasteiger partial charge on any atom is -0.494 e. The molecule has 9 nitrogen and oxygen atoms in total. The van der Waals surface area contributed by atoms with Gasteiger partial charge in [0.15, 0.2) is 11.6 Å². The van der Waals surface area contributed by atoms with E-state index >= 15 is 0 Å². The summed E-state index contributed by atoms with van der Waals surface area (Å²) in [6, 6.07) is 5.27. The Bertz CT molecular complexity index is 892. The molecule has 0 saturated carbocycles. The Kier molecular flexibility index (Phi) is 7.54. The molecule has 2 aliphatic rings. The van der Waals surface area contributed by atoms with Gasteiger partial charge in [-0.3, -0.25) is 5.43 Å². The highest BCUT2D eigenvalue weighted by atomic mass is 19.1. The van der Waals surface area contributed by atoms with Crippen LogP contribution in [0.5, 0.6) is 5.75 Å². The number of hydrazine groups is 1. The van der Waals surface area contributed by atoms with Crippen LogP contribution in [-0.4, -0.2) is 70.7 Å². The molecular formula is C22H33FN8O. The Morgan fingerprint density at radius 1 is 1.06 bits per heavy atom. The van der Waals surface area contributed by atoms with Crippen LogP contribution in [0.4, 0.5) is 27.9 Å². The van der Waals surface area contributed by atoms with E-state index in [1.165, 1.54) is 32.6 Å². The number of anilines is 4. The smallest absolute Gasteiger partial charge is 0.244 e. The molecule has 10 heteroatoms. The molecule has 32 heavy (non-hydrogen) atoms. The van der Waals surface area contributed by atoms with Gasteiger partial charge in [-0.25, -0.2) is 9.40 Å². The van der Waals surface area contributed by atoms with Crippen molar-refractivity contribution < 1.29 is 9.13 Å². The number of nitrogens with zero attached hydrogens (tertiary/aromatic N) is 5. The number of methoxy groups -OCH3 is 1. The molecule has 0 spiro atoms. The van der Waals surface area contributed by atoms with Crippen LogP contribution in [-0.2, 0) is 0 Å². The van der Waals surface area contributed by atoms with Crippen molar-refractivity contribution in [1.82, 2.24) is 24.9 Å². The molecule has 3 N–H and O–H groups in total. The lowest BCUT2D eigenvalue weighted by Crippen LogP contribution is -2.31. The lowest BCUT2D eigenvalue weighted by Gasteiger charge is -2.22. The molecule has 0 radical (unpaired) electrons. The van der Waals surface area contributed by atoms with E-state index in [0.717, 1.165) is 45.4 Å².